The Hall–Kier alpha value is -3.27. The van der Waals surface area contributed by atoms with Crippen molar-refractivity contribution in [3.8, 4) is 11.5 Å². The predicted molar refractivity (Wildman–Crippen MR) is 108 cm³/mol. The molecule has 3 aromatic rings. The largest absolute Gasteiger partial charge is 0.456 e. The standard InChI is InChI=1S/C24H21NO3/c1-3-25(4-2)19-13-9-10-16-22(19)24(28-23(16)26)17-11-5-7-14-20(17)27-21-15-8-6-12-18(21)24/h5-15H,3-4H2,1-2H3. The minimum atomic E-state index is -1.00. The highest BCUT2D eigenvalue weighted by molar-refractivity contribution is 5.99. The van der Waals surface area contributed by atoms with Crippen LogP contribution in [-0.2, 0) is 10.3 Å². The van der Waals surface area contributed by atoms with Crippen LogP contribution >= 0.6 is 0 Å². The van der Waals surface area contributed by atoms with Crippen LogP contribution in [0.25, 0.3) is 0 Å². The SMILES string of the molecule is CCN(CC)c1cccc2c1C1(OC2=O)c2ccccc2Oc2ccccc21. The Morgan fingerprint density at radius 2 is 1.43 bits per heavy atom. The number of carbonyl (C=O) groups excluding carboxylic acids is 1. The second-order valence-corrected chi connectivity index (χ2v) is 7.04. The zero-order chi connectivity index (χ0) is 19.3. The maximum atomic E-state index is 13.0. The lowest BCUT2D eigenvalue weighted by molar-refractivity contribution is 0.0225. The van der Waals surface area contributed by atoms with Crippen molar-refractivity contribution in [2.45, 2.75) is 19.4 Å². The zero-order valence-corrected chi connectivity index (χ0v) is 15.9. The fourth-order valence-electron chi connectivity index (χ4n) is 4.49. The van der Waals surface area contributed by atoms with Crippen LogP contribution in [0.5, 0.6) is 11.5 Å². The number of ether oxygens (including phenoxy) is 2. The first-order valence-electron chi connectivity index (χ1n) is 9.69. The number of carbonyl (C=O) groups is 1. The Kier molecular flexibility index (Phi) is 3.69. The van der Waals surface area contributed by atoms with E-state index in [1.165, 1.54) is 0 Å². The van der Waals surface area contributed by atoms with Crippen LogP contribution in [0.2, 0.25) is 0 Å². The number of para-hydroxylation sites is 2. The normalized spacial score (nSPS) is 15.3. The third-order valence-electron chi connectivity index (χ3n) is 5.72. The summed E-state index contributed by atoms with van der Waals surface area (Å²) in [7, 11) is 0. The number of rotatable bonds is 3. The maximum Gasteiger partial charge on any atom is 0.340 e. The molecule has 0 N–H and O–H groups in total. The molecule has 0 aliphatic carbocycles. The summed E-state index contributed by atoms with van der Waals surface area (Å²) in [5, 5.41) is 0. The molecule has 0 unspecified atom stereocenters. The molecular formula is C24H21NO3. The summed E-state index contributed by atoms with van der Waals surface area (Å²) in [6, 6.07) is 21.5. The Bertz CT molecular complexity index is 1040. The first kappa shape index (κ1) is 16.9. The van der Waals surface area contributed by atoms with Gasteiger partial charge in [-0.1, -0.05) is 42.5 Å². The van der Waals surface area contributed by atoms with Crippen LogP contribution in [0.1, 0.15) is 40.9 Å². The number of anilines is 1. The summed E-state index contributed by atoms with van der Waals surface area (Å²) in [4.78, 5) is 15.3. The van der Waals surface area contributed by atoms with Crippen molar-refractivity contribution in [3.05, 3.63) is 89.0 Å². The van der Waals surface area contributed by atoms with Gasteiger partial charge in [-0.2, -0.15) is 0 Å². The fourth-order valence-corrected chi connectivity index (χ4v) is 4.49. The summed E-state index contributed by atoms with van der Waals surface area (Å²) in [5.74, 6) is 1.14. The zero-order valence-electron chi connectivity index (χ0n) is 15.9. The smallest absolute Gasteiger partial charge is 0.340 e. The minimum Gasteiger partial charge on any atom is -0.456 e. The van der Waals surface area contributed by atoms with Gasteiger partial charge in [0, 0.05) is 35.5 Å². The van der Waals surface area contributed by atoms with Crippen LogP contribution in [0.4, 0.5) is 5.69 Å². The third-order valence-corrected chi connectivity index (χ3v) is 5.72. The van der Waals surface area contributed by atoms with E-state index in [0.29, 0.717) is 5.56 Å². The van der Waals surface area contributed by atoms with Crippen LogP contribution in [-0.4, -0.2) is 19.1 Å². The lowest BCUT2D eigenvalue weighted by Crippen LogP contribution is -2.35. The third kappa shape index (κ3) is 2.09. The molecule has 0 bridgehead atoms. The molecule has 1 spiro atoms. The van der Waals surface area contributed by atoms with Gasteiger partial charge in [0.2, 0.25) is 0 Å². The number of esters is 1. The summed E-state index contributed by atoms with van der Waals surface area (Å²) >= 11 is 0. The van der Waals surface area contributed by atoms with E-state index < -0.39 is 5.60 Å². The van der Waals surface area contributed by atoms with Gasteiger partial charge in [-0.25, -0.2) is 4.79 Å². The van der Waals surface area contributed by atoms with Gasteiger partial charge in [0.15, 0.2) is 5.60 Å². The Balaban J connectivity index is 1.91. The second-order valence-electron chi connectivity index (χ2n) is 7.04. The Morgan fingerprint density at radius 1 is 0.821 bits per heavy atom. The van der Waals surface area contributed by atoms with Gasteiger partial charge in [-0.3, -0.25) is 0 Å². The van der Waals surface area contributed by atoms with E-state index in [0.717, 1.165) is 47.0 Å². The monoisotopic (exact) mass is 371 g/mol. The molecule has 4 heteroatoms. The summed E-state index contributed by atoms with van der Waals surface area (Å²) in [6.45, 7) is 5.94. The lowest BCUT2D eigenvalue weighted by Gasteiger charge is -2.38. The van der Waals surface area contributed by atoms with Crippen molar-refractivity contribution in [1.82, 2.24) is 0 Å². The first-order chi connectivity index (χ1) is 13.7. The van der Waals surface area contributed by atoms with Crippen molar-refractivity contribution >= 4 is 11.7 Å². The molecular weight excluding hydrogens is 350 g/mol. The van der Waals surface area contributed by atoms with Crippen LogP contribution in [0, 0.1) is 0 Å². The van der Waals surface area contributed by atoms with Crippen LogP contribution in [0.3, 0.4) is 0 Å². The van der Waals surface area contributed by atoms with Gasteiger partial charge in [-0.05, 0) is 38.1 Å². The molecule has 28 heavy (non-hydrogen) atoms. The van der Waals surface area contributed by atoms with Gasteiger partial charge in [0.05, 0.1) is 5.56 Å². The highest BCUT2D eigenvalue weighted by Gasteiger charge is 2.54. The molecule has 2 aliphatic heterocycles. The molecule has 4 nitrogen and oxygen atoms in total. The summed E-state index contributed by atoms with van der Waals surface area (Å²) in [5.41, 5.74) is 3.28. The molecule has 0 saturated carbocycles. The number of hydrogen-bond donors (Lipinski definition) is 0. The maximum absolute atomic E-state index is 13.0. The molecule has 0 amide bonds. The molecule has 0 aromatic heterocycles. The molecule has 2 aliphatic rings. The predicted octanol–water partition coefficient (Wildman–Crippen LogP) is 5.10. The lowest BCUT2D eigenvalue weighted by atomic mass is 9.77. The quantitative estimate of drug-likeness (QED) is 0.601. The molecule has 2 heterocycles. The molecule has 140 valence electrons. The molecule has 3 aromatic carbocycles. The molecule has 0 saturated heterocycles. The summed E-state index contributed by atoms with van der Waals surface area (Å²) < 4.78 is 12.4. The van der Waals surface area contributed by atoms with Crippen molar-refractivity contribution in [2.24, 2.45) is 0 Å². The van der Waals surface area contributed by atoms with Crippen LogP contribution in [0.15, 0.2) is 66.7 Å². The average molecular weight is 371 g/mol. The van der Waals surface area contributed by atoms with E-state index >= 15 is 0 Å². The minimum absolute atomic E-state index is 0.296. The number of hydrogen-bond acceptors (Lipinski definition) is 4. The highest BCUT2D eigenvalue weighted by atomic mass is 16.6. The Morgan fingerprint density at radius 3 is 2.04 bits per heavy atom. The Labute approximate surface area is 164 Å². The van der Waals surface area contributed by atoms with Crippen molar-refractivity contribution < 1.29 is 14.3 Å². The van der Waals surface area contributed by atoms with Crippen molar-refractivity contribution in [3.63, 3.8) is 0 Å². The van der Waals surface area contributed by atoms with Gasteiger partial charge >= 0.3 is 5.97 Å². The van der Waals surface area contributed by atoms with E-state index in [1.807, 2.05) is 60.7 Å². The molecule has 0 atom stereocenters. The highest BCUT2D eigenvalue weighted by Crippen LogP contribution is 2.57. The molecule has 5 rings (SSSR count). The number of fused-ring (bicyclic) bond motifs is 6. The number of nitrogens with zero attached hydrogens (tertiary/aromatic N) is 1. The first-order valence-corrected chi connectivity index (χ1v) is 9.69. The summed E-state index contributed by atoms with van der Waals surface area (Å²) in [6.07, 6.45) is 0. The van der Waals surface area contributed by atoms with E-state index in [4.69, 9.17) is 9.47 Å². The topological polar surface area (TPSA) is 38.8 Å². The van der Waals surface area contributed by atoms with Gasteiger partial charge in [0.25, 0.3) is 0 Å². The van der Waals surface area contributed by atoms with E-state index in [1.54, 1.807) is 0 Å². The van der Waals surface area contributed by atoms with E-state index in [2.05, 4.69) is 24.8 Å². The fraction of sp³-hybridized carbons (Fsp3) is 0.208. The van der Waals surface area contributed by atoms with E-state index in [9.17, 15) is 4.79 Å². The molecule has 0 fully saturated rings. The number of benzene rings is 3. The molecule has 0 radical (unpaired) electrons. The van der Waals surface area contributed by atoms with Gasteiger partial charge in [0.1, 0.15) is 11.5 Å². The van der Waals surface area contributed by atoms with E-state index in [-0.39, 0.29) is 5.97 Å². The van der Waals surface area contributed by atoms with Crippen molar-refractivity contribution in [1.29, 1.82) is 0 Å². The van der Waals surface area contributed by atoms with Gasteiger partial charge < -0.3 is 14.4 Å². The average Bonchev–Trinajstić information content (AvgIpc) is 3.03. The van der Waals surface area contributed by atoms with Gasteiger partial charge in [-0.15, -0.1) is 0 Å². The second kappa shape index (κ2) is 6.13. The van der Waals surface area contributed by atoms with Crippen LogP contribution < -0.4 is 9.64 Å². The van der Waals surface area contributed by atoms with Crippen molar-refractivity contribution in [2.75, 3.05) is 18.0 Å².